The molecule has 16 heavy (non-hydrogen) atoms. The lowest BCUT2D eigenvalue weighted by atomic mass is 9.70. The summed E-state index contributed by atoms with van der Waals surface area (Å²) in [5, 5.41) is -0.953. The van der Waals surface area contributed by atoms with Crippen molar-refractivity contribution in [2.75, 3.05) is 7.11 Å². The maximum Gasteiger partial charge on any atom is 0.277 e. The van der Waals surface area contributed by atoms with Crippen LogP contribution in [0.15, 0.2) is 0 Å². The summed E-state index contributed by atoms with van der Waals surface area (Å²) in [5.74, 6) is -0.259. The van der Waals surface area contributed by atoms with Gasteiger partial charge in [0.2, 0.25) is 0 Å². The van der Waals surface area contributed by atoms with Crippen LogP contribution < -0.4 is 0 Å². The molecule has 0 N–H and O–H groups in total. The molecule has 0 aliphatic heterocycles. The van der Waals surface area contributed by atoms with Crippen LogP contribution in [0.4, 0.5) is 0 Å². The van der Waals surface area contributed by atoms with Crippen LogP contribution in [0.25, 0.3) is 0 Å². The molecule has 0 aromatic carbocycles. The highest BCUT2D eigenvalue weighted by Crippen LogP contribution is 2.64. The van der Waals surface area contributed by atoms with Crippen LogP contribution in [-0.2, 0) is 19.1 Å². The van der Waals surface area contributed by atoms with E-state index in [1.54, 1.807) is 0 Å². The Kier molecular flexibility index (Phi) is 2.31. The fourth-order valence-electron chi connectivity index (χ4n) is 3.44. The lowest BCUT2D eigenvalue weighted by molar-refractivity contribution is -0.128. The second-order valence-corrected chi connectivity index (χ2v) is 7.47. The number of carbonyl (C=O) groups excluding carboxylic acids is 1. The van der Waals surface area contributed by atoms with E-state index >= 15 is 0 Å². The van der Waals surface area contributed by atoms with E-state index in [1.807, 2.05) is 20.8 Å². The molecule has 2 saturated carbocycles. The summed E-state index contributed by atoms with van der Waals surface area (Å²) in [5.41, 5.74) is -0.756. The largest absolute Gasteiger partial charge is 0.297 e. The number of rotatable bonds is 2. The van der Waals surface area contributed by atoms with Crippen LogP contribution in [0.3, 0.4) is 0 Å². The number of hydrogen-bond acceptors (Lipinski definition) is 4. The smallest absolute Gasteiger partial charge is 0.277 e. The first kappa shape index (κ1) is 12.0. The molecule has 92 valence electrons. The Bertz CT molecular complexity index is 437. The number of fused-ring (bicyclic) bond motifs is 2. The van der Waals surface area contributed by atoms with E-state index < -0.39 is 20.8 Å². The summed E-state index contributed by atoms with van der Waals surface area (Å²) in [6.45, 7) is 5.88. The predicted octanol–water partition coefficient (Wildman–Crippen LogP) is 1.36. The Hall–Kier alpha value is -0.420. The van der Waals surface area contributed by atoms with Gasteiger partial charge in [-0.15, -0.1) is 0 Å². The van der Waals surface area contributed by atoms with Gasteiger partial charge in [0.15, 0.2) is 5.78 Å². The fraction of sp³-hybridized carbons (Fsp3) is 0.909. The van der Waals surface area contributed by atoms with Crippen LogP contribution in [0.1, 0.15) is 33.6 Å². The molecule has 0 aromatic rings. The standard InChI is InChI=1S/C11H18O4S/c1-10(2)7-5-6-11(10,3)9(12)8(7)16(13,14)15-4/h7-8H,5-6H2,1-4H3/t7-,8-,11-/m1/s1. The third-order valence-electron chi connectivity index (χ3n) is 5.02. The van der Waals surface area contributed by atoms with Crippen molar-refractivity contribution in [3.63, 3.8) is 0 Å². The zero-order chi connectivity index (χ0) is 12.4. The first-order valence-electron chi connectivity index (χ1n) is 5.52. The predicted molar refractivity (Wildman–Crippen MR) is 59.3 cm³/mol. The van der Waals surface area contributed by atoms with Crippen molar-refractivity contribution < 1.29 is 17.4 Å². The quantitative estimate of drug-likeness (QED) is 0.690. The highest BCUT2D eigenvalue weighted by molar-refractivity contribution is 7.88. The topological polar surface area (TPSA) is 60.4 Å². The lowest BCUT2D eigenvalue weighted by Crippen LogP contribution is -2.39. The molecule has 0 saturated heterocycles. The zero-order valence-corrected chi connectivity index (χ0v) is 10.9. The van der Waals surface area contributed by atoms with E-state index in [9.17, 15) is 13.2 Å². The van der Waals surface area contributed by atoms with Gasteiger partial charge in [-0.1, -0.05) is 20.8 Å². The van der Waals surface area contributed by atoms with E-state index in [0.717, 1.165) is 20.0 Å². The van der Waals surface area contributed by atoms with E-state index in [0.29, 0.717) is 0 Å². The van der Waals surface area contributed by atoms with Crippen LogP contribution in [0, 0.1) is 16.7 Å². The second kappa shape index (κ2) is 3.07. The molecule has 0 radical (unpaired) electrons. The molecule has 0 spiro atoms. The maximum atomic E-state index is 12.3. The summed E-state index contributed by atoms with van der Waals surface area (Å²) in [6.07, 6.45) is 1.59. The molecule has 0 unspecified atom stereocenters. The maximum absolute atomic E-state index is 12.3. The molecule has 2 fully saturated rings. The molecule has 2 aliphatic carbocycles. The average molecular weight is 246 g/mol. The van der Waals surface area contributed by atoms with Gasteiger partial charge in [-0.2, -0.15) is 8.42 Å². The fourth-order valence-corrected chi connectivity index (χ4v) is 5.05. The molecular formula is C11H18O4S. The van der Waals surface area contributed by atoms with Crippen LogP contribution in [0.2, 0.25) is 0 Å². The van der Waals surface area contributed by atoms with Crippen molar-refractivity contribution in [2.24, 2.45) is 16.7 Å². The van der Waals surface area contributed by atoms with Gasteiger partial charge in [-0.25, -0.2) is 0 Å². The molecule has 3 atom stereocenters. The van der Waals surface area contributed by atoms with Gasteiger partial charge >= 0.3 is 0 Å². The lowest BCUT2D eigenvalue weighted by Gasteiger charge is -2.32. The zero-order valence-electron chi connectivity index (χ0n) is 10.1. The molecule has 0 amide bonds. The van der Waals surface area contributed by atoms with Gasteiger partial charge < -0.3 is 0 Å². The van der Waals surface area contributed by atoms with Gasteiger partial charge in [0.1, 0.15) is 5.25 Å². The molecular weight excluding hydrogens is 228 g/mol. The Morgan fingerprint density at radius 2 is 1.88 bits per heavy atom. The number of ketones is 1. The Labute approximate surface area is 96.5 Å². The second-order valence-electron chi connectivity index (χ2n) is 5.64. The monoisotopic (exact) mass is 246 g/mol. The summed E-state index contributed by atoms with van der Waals surface area (Å²) >= 11 is 0. The minimum Gasteiger partial charge on any atom is -0.297 e. The van der Waals surface area contributed by atoms with E-state index in [1.165, 1.54) is 0 Å². The molecule has 0 aromatic heterocycles. The Balaban J connectivity index is 2.53. The van der Waals surface area contributed by atoms with Gasteiger partial charge in [-0.3, -0.25) is 8.98 Å². The van der Waals surface area contributed by atoms with Crippen molar-refractivity contribution in [3.05, 3.63) is 0 Å². The van der Waals surface area contributed by atoms with Crippen molar-refractivity contribution in [3.8, 4) is 0 Å². The van der Waals surface area contributed by atoms with Gasteiger partial charge in [-0.05, 0) is 24.2 Å². The van der Waals surface area contributed by atoms with Crippen LogP contribution in [-0.4, -0.2) is 26.6 Å². The van der Waals surface area contributed by atoms with Crippen LogP contribution in [0.5, 0.6) is 0 Å². The minimum absolute atomic E-state index is 0.102. The molecule has 4 nitrogen and oxygen atoms in total. The highest BCUT2D eigenvalue weighted by atomic mass is 32.2. The van der Waals surface area contributed by atoms with E-state index in [-0.39, 0.29) is 17.1 Å². The average Bonchev–Trinajstić information content (AvgIpc) is 2.49. The molecule has 2 bridgehead atoms. The van der Waals surface area contributed by atoms with Crippen LogP contribution >= 0.6 is 0 Å². The summed E-state index contributed by atoms with van der Waals surface area (Å²) in [4.78, 5) is 12.3. The molecule has 2 aliphatic rings. The third kappa shape index (κ3) is 1.13. The molecule has 5 heteroatoms. The van der Waals surface area contributed by atoms with Crippen molar-refractivity contribution in [2.45, 2.75) is 38.9 Å². The van der Waals surface area contributed by atoms with E-state index in [4.69, 9.17) is 0 Å². The van der Waals surface area contributed by atoms with Gasteiger partial charge in [0.05, 0.1) is 7.11 Å². The van der Waals surface area contributed by atoms with Gasteiger partial charge in [0, 0.05) is 5.41 Å². The third-order valence-corrected chi connectivity index (χ3v) is 6.64. The SMILES string of the molecule is COS(=O)(=O)[C@H]1C(=O)[C@@]2(C)CC[C@H]1C2(C)C. The first-order valence-corrected chi connectivity index (χ1v) is 6.99. The Morgan fingerprint density at radius 3 is 2.25 bits per heavy atom. The minimum atomic E-state index is -3.74. The first-order chi connectivity index (χ1) is 7.18. The summed E-state index contributed by atoms with van der Waals surface area (Å²) in [6, 6.07) is 0. The van der Waals surface area contributed by atoms with Crippen molar-refractivity contribution >= 4 is 15.9 Å². The Morgan fingerprint density at radius 1 is 1.31 bits per heavy atom. The molecule has 0 heterocycles. The van der Waals surface area contributed by atoms with E-state index in [2.05, 4.69) is 4.18 Å². The normalized spacial score (nSPS) is 41.6. The van der Waals surface area contributed by atoms with Crippen molar-refractivity contribution in [1.29, 1.82) is 0 Å². The highest BCUT2D eigenvalue weighted by Gasteiger charge is 2.69. The van der Waals surface area contributed by atoms with Crippen molar-refractivity contribution in [1.82, 2.24) is 0 Å². The van der Waals surface area contributed by atoms with Gasteiger partial charge in [0.25, 0.3) is 10.1 Å². The number of Topliss-reactive ketones (excluding diaryl/α,β-unsaturated/α-hetero) is 1. The summed E-state index contributed by atoms with van der Waals surface area (Å²) in [7, 11) is -2.61. The number of carbonyl (C=O) groups is 1. The number of hydrogen-bond donors (Lipinski definition) is 0. The molecule has 2 rings (SSSR count). The summed E-state index contributed by atoms with van der Waals surface area (Å²) < 4.78 is 28.1.